The highest BCUT2D eigenvalue weighted by Crippen LogP contribution is 2.37. The highest BCUT2D eigenvalue weighted by molar-refractivity contribution is 7.98. The van der Waals surface area contributed by atoms with E-state index in [0.29, 0.717) is 0 Å². The molecule has 0 aliphatic heterocycles. The van der Waals surface area contributed by atoms with Crippen molar-refractivity contribution in [1.82, 2.24) is 0 Å². The van der Waals surface area contributed by atoms with E-state index in [0.717, 1.165) is 6.42 Å². The van der Waals surface area contributed by atoms with Crippen LogP contribution in [0.1, 0.15) is 29.5 Å². The SMILES string of the molecule is CSc1cc(C)c(C)c(CC2(N)CC2)c1. The molecule has 1 nitrogen and oxygen atoms in total. The lowest BCUT2D eigenvalue weighted by atomic mass is 9.97. The Hall–Kier alpha value is -0.470. The van der Waals surface area contributed by atoms with Gasteiger partial charge in [0.25, 0.3) is 0 Å². The van der Waals surface area contributed by atoms with Crippen molar-refractivity contribution in [2.45, 2.75) is 43.5 Å². The summed E-state index contributed by atoms with van der Waals surface area (Å²) in [5, 5.41) is 0. The van der Waals surface area contributed by atoms with Crippen LogP contribution in [0.15, 0.2) is 17.0 Å². The molecular weight excluding hydrogens is 202 g/mol. The monoisotopic (exact) mass is 221 g/mol. The van der Waals surface area contributed by atoms with Crippen molar-refractivity contribution in [3.63, 3.8) is 0 Å². The second-order valence-electron chi connectivity index (χ2n) is 4.77. The Morgan fingerprint density at radius 2 is 2.00 bits per heavy atom. The van der Waals surface area contributed by atoms with Gasteiger partial charge in [0.2, 0.25) is 0 Å². The summed E-state index contributed by atoms with van der Waals surface area (Å²) in [6, 6.07) is 4.57. The van der Waals surface area contributed by atoms with Gasteiger partial charge in [0.15, 0.2) is 0 Å². The maximum absolute atomic E-state index is 6.18. The van der Waals surface area contributed by atoms with Crippen LogP contribution in [0.5, 0.6) is 0 Å². The Labute approximate surface area is 96.4 Å². The quantitative estimate of drug-likeness (QED) is 0.794. The lowest BCUT2D eigenvalue weighted by Crippen LogP contribution is -2.25. The van der Waals surface area contributed by atoms with Crippen molar-refractivity contribution in [3.05, 3.63) is 28.8 Å². The summed E-state index contributed by atoms with van der Waals surface area (Å²) >= 11 is 1.81. The van der Waals surface area contributed by atoms with E-state index in [2.05, 4.69) is 32.2 Å². The lowest BCUT2D eigenvalue weighted by Gasteiger charge is -2.14. The van der Waals surface area contributed by atoms with Crippen LogP contribution in [-0.4, -0.2) is 11.8 Å². The molecule has 2 rings (SSSR count). The number of aryl methyl sites for hydroxylation is 1. The Balaban J connectivity index is 2.31. The van der Waals surface area contributed by atoms with Crippen LogP contribution in [0, 0.1) is 13.8 Å². The zero-order valence-corrected chi connectivity index (χ0v) is 10.6. The van der Waals surface area contributed by atoms with Gasteiger partial charge in [0, 0.05) is 10.4 Å². The van der Waals surface area contributed by atoms with Crippen molar-refractivity contribution < 1.29 is 0 Å². The van der Waals surface area contributed by atoms with E-state index in [9.17, 15) is 0 Å². The van der Waals surface area contributed by atoms with Gasteiger partial charge in [-0.25, -0.2) is 0 Å². The van der Waals surface area contributed by atoms with E-state index in [-0.39, 0.29) is 5.54 Å². The molecule has 82 valence electrons. The largest absolute Gasteiger partial charge is 0.325 e. The first kappa shape index (κ1) is 11.0. The molecule has 0 aromatic heterocycles. The summed E-state index contributed by atoms with van der Waals surface area (Å²) < 4.78 is 0. The third kappa shape index (κ3) is 2.37. The molecule has 0 amide bonds. The molecule has 0 heterocycles. The van der Waals surface area contributed by atoms with E-state index in [1.807, 2.05) is 11.8 Å². The second-order valence-corrected chi connectivity index (χ2v) is 5.65. The summed E-state index contributed by atoms with van der Waals surface area (Å²) in [4.78, 5) is 1.36. The van der Waals surface area contributed by atoms with Crippen molar-refractivity contribution in [1.29, 1.82) is 0 Å². The van der Waals surface area contributed by atoms with E-state index in [1.54, 1.807) is 0 Å². The molecule has 0 unspecified atom stereocenters. The minimum absolute atomic E-state index is 0.119. The van der Waals surface area contributed by atoms with Gasteiger partial charge in [-0.15, -0.1) is 11.8 Å². The number of hydrogen-bond acceptors (Lipinski definition) is 2. The maximum Gasteiger partial charge on any atom is 0.0196 e. The molecule has 1 fully saturated rings. The highest BCUT2D eigenvalue weighted by atomic mass is 32.2. The van der Waals surface area contributed by atoms with E-state index in [1.165, 1.54) is 34.4 Å². The predicted molar refractivity (Wildman–Crippen MR) is 67.6 cm³/mol. The average Bonchev–Trinajstić information content (AvgIpc) is 2.91. The average molecular weight is 221 g/mol. The molecule has 1 aliphatic carbocycles. The zero-order valence-electron chi connectivity index (χ0n) is 9.76. The van der Waals surface area contributed by atoms with Crippen LogP contribution < -0.4 is 5.73 Å². The molecule has 1 aromatic carbocycles. The fourth-order valence-corrected chi connectivity index (χ4v) is 2.47. The molecule has 0 spiro atoms. The van der Waals surface area contributed by atoms with Crippen molar-refractivity contribution in [2.24, 2.45) is 5.73 Å². The Bertz CT molecular complexity index is 380. The molecule has 15 heavy (non-hydrogen) atoms. The first-order chi connectivity index (χ1) is 7.04. The van der Waals surface area contributed by atoms with Gasteiger partial charge >= 0.3 is 0 Å². The van der Waals surface area contributed by atoms with Gasteiger partial charge < -0.3 is 5.73 Å². The first-order valence-corrected chi connectivity index (χ1v) is 6.69. The molecule has 0 atom stereocenters. The van der Waals surface area contributed by atoms with Gasteiger partial charge in [0.1, 0.15) is 0 Å². The summed E-state index contributed by atoms with van der Waals surface area (Å²) in [7, 11) is 0. The molecule has 0 radical (unpaired) electrons. The van der Waals surface area contributed by atoms with E-state index >= 15 is 0 Å². The molecule has 1 aliphatic rings. The van der Waals surface area contributed by atoms with Crippen LogP contribution in [0.3, 0.4) is 0 Å². The van der Waals surface area contributed by atoms with Gasteiger partial charge in [-0.2, -0.15) is 0 Å². The van der Waals surface area contributed by atoms with Crippen LogP contribution in [0.4, 0.5) is 0 Å². The Morgan fingerprint density at radius 1 is 1.33 bits per heavy atom. The van der Waals surface area contributed by atoms with Crippen LogP contribution in [-0.2, 0) is 6.42 Å². The van der Waals surface area contributed by atoms with Gasteiger partial charge in [0.05, 0.1) is 0 Å². The summed E-state index contributed by atoms with van der Waals surface area (Å²) in [6.07, 6.45) is 5.56. The fourth-order valence-electron chi connectivity index (χ4n) is 1.91. The number of nitrogens with two attached hydrogens (primary N) is 1. The topological polar surface area (TPSA) is 26.0 Å². The van der Waals surface area contributed by atoms with Crippen LogP contribution >= 0.6 is 11.8 Å². The van der Waals surface area contributed by atoms with Crippen molar-refractivity contribution in [2.75, 3.05) is 6.26 Å². The Kier molecular flexibility index (Phi) is 2.82. The van der Waals surface area contributed by atoms with Gasteiger partial charge in [-0.05, 0) is 68.2 Å². The van der Waals surface area contributed by atoms with E-state index in [4.69, 9.17) is 5.73 Å². The number of benzene rings is 1. The minimum atomic E-state index is 0.119. The maximum atomic E-state index is 6.18. The third-order valence-electron chi connectivity index (χ3n) is 3.42. The summed E-state index contributed by atoms with van der Waals surface area (Å²) in [5.41, 5.74) is 10.6. The zero-order chi connectivity index (χ0) is 11.1. The molecule has 1 aromatic rings. The van der Waals surface area contributed by atoms with E-state index < -0.39 is 0 Å². The smallest absolute Gasteiger partial charge is 0.0196 e. The first-order valence-electron chi connectivity index (χ1n) is 5.47. The fraction of sp³-hybridized carbons (Fsp3) is 0.538. The van der Waals surface area contributed by atoms with Crippen molar-refractivity contribution >= 4 is 11.8 Å². The van der Waals surface area contributed by atoms with Crippen LogP contribution in [0.2, 0.25) is 0 Å². The van der Waals surface area contributed by atoms with Crippen molar-refractivity contribution in [3.8, 4) is 0 Å². The highest BCUT2D eigenvalue weighted by Gasteiger charge is 2.38. The number of rotatable bonds is 3. The number of hydrogen-bond donors (Lipinski definition) is 1. The molecular formula is C13H19NS. The molecule has 2 N–H and O–H groups in total. The molecule has 0 saturated heterocycles. The Morgan fingerprint density at radius 3 is 2.53 bits per heavy atom. The molecule has 2 heteroatoms. The standard InChI is InChI=1S/C13H19NS/c1-9-6-12(15-3)7-11(10(9)2)8-13(14)4-5-13/h6-7H,4-5,8,14H2,1-3H3. The normalized spacial score (nSPS) is 17.9. The lowest BCUT2D eigenvalue weighted by molar-refractivity contribution is 0.668. The van der Waals surface area contributed by atoms with Gasteiger partial charge in [-0.3, -0.25) is 0 Å². The third-order valence-corrected chi connectivity index (χ3v) is 4.13. The summed E-state index contributed by atoms with van der Waals surface area (Å²) in [5.74, 6) is 0. The number of thioether (sulfide) groups is 1. The second kappa shape index (κ2) is 3.84. The minimum Gasteiger partial charge on any atom is -0.325 e. The summed E-state index contributed by atoms with van der Waals surface area (Å²) in [6.45, 7) is 4.40. The predicted octanol–water partition coefficient (Wildman–Crippen LogP) is 3.06. The van der Waals surface area contributed by atoms with Gasteiger partial charge in [-0.1, -0.05) is 0 Å². The molecule has 0 bridgehead atoms. The molecule has 1 saturated carbocycles. The van der Waals surface area contributed by atoms with Crippen LogP contribution in [0.25, 0.3) is 0 Å².